The zero-order valence-electron chi connectivity index (χ0n) is 12.7. The van der Waals surface area contributed by atoms with Gasteiger partial charge in [-0.25, -0.2) is 12.7 Å². The van der Waals surface area contributed by atoms with Gasteiger partial charge in [-0.3, -0.25) is 0 Å². The number of hydrogen-bond donors (Lipinski definition) is 1. The molecule has 0 aromatic heterocycles. The summed E-state index contributed by atoms with van der Waals surface area (Å²) in [5, 5.41) is 9.12. The van der Waals surface area contributed by atoms with Gasteiger partial charge in [0, 0.05) is 20.1 Å². The number of benzene rings is 1. The van der Waals surface area contributed by atoms with Gasteiger partial charge in [-0.1, -0.05) is 24.3 Å². The van der Waals surface area contributed by atoms with Crippen LogP contribution in [-0.4, -0.2) is 56.5 Å². The lowest BCUT2D eigenvalue weighted by Gasteiger charge is -2.21. The van der Waals surface area contributed by atoms with Crippen molar-refractivity contribution in [2.75, 3.05) is 33.7 Å². The van der Waals surface area contributed by atoms with E-state index in [-0.39, 0.29) is 12.4 Å². The molecule has 0 spiro atoms. The van der Waals surface area contributed by atoms with Crippen LogP contribution in [0.5, 0.6) is 0 Å². The number of nitrogens with zero attached hydrogens (tertiary/aromatic N) is 2. The van der Waals surface area contributed by atoms with Crippen LogP contribution in [0.3, 0.4) is 0 Å². The Hall–Kier alpha value is -0.950. The molecule has 1 heterocycles. The first-order chi connectivity index (χ1) is 9.90. The van der Waals surface area contributed by atoms with Crippen molar-refractivity contribution in [1.29, 1.82) is 0 Å². The molecule has 0 aliphatic carbocycles. The summed E-state index contributed by atoms with van der Waals surface area (Å²) in [7, 11) is 0.411. The van der Waals surface area contributed by atoms with Crippen molar-refractivity contribution in [3.8, 4) is 0 Å². The third-order valence-corrected chi connectivity index (χ3v) is 5.80. The Balaban J connectivity index is 1.99. The van der Waals surface area contributed by atoms with Gasteiger partial charge in [0.05, 0.1) is 12.4 Å². The number of rotatable bonds is 6. The smallest absolute Gasteiger partial charge is 0.218 e. The highest BCUT2D eigenvalue weighted by molar-refractivity contribution is 7.88. The van der Waals surface area contributed by atoms with Gasteiger partial charge in [0.15, 0.2) is 0 Å². The lowest BCUT2D eigenvalue weighted by molar-refractivity contribution is 0.281. The van der Waals surface area contributed by atoms with Crippen LogP contribution < -0.4 is 0 Å². The second-order valence-corrected chi connectivity index (χ2v) is 8.01. The summed E-state index contributed by atoms with van der Waals surface area (Å²) in [5.74, 6) is 0.401. The quantitative estimate of drug-likeness (QED) is 0.847. The van der Waals surface area contributed by atoms with Gasteiger partial charge in [0.25, 0.3) is 0 Å². The highest BCUT2D eigenvalue weighted by atomic mass is 32.2. The van der Waals surface area contributed by atoms with Crippen molar-refractivity contribution < 1.29 is 13.5 Å². The first-order valence-corrected chi connectivity index (χ1v) is 8.83. The summed E-state index contributed by atoms with van der Waals surface area (Å²) >= 11 is 0. The standard InChI is InChI=1S/C15H24N2O3S/c1-16-7-6-15(9-16)10-17(2)21(19,20)12-14-5-3-4-13(8-14)11-18/h3-5,8,15,18H,6-7,9-12H2,1-2H3. The second kappa shape index (κ2) is 6.87. The van der Waals surface area contributed by atoms with Crippen LogP contribution in [0.2, 0.25) is 0 Å². The Kier molecular flexibility index (Phi) is 5.37. The molecule has 1 saturated heterocycles. The van der Waals surface area contributed by atoms with E-state index in [1.807, 2.05) is 0 Å². The van der Waals surface area contributed by atoms with Crippen LogP contribution >= 0.6 is 0 Å². The van der Waals surface area contributed by atoms with Crippen molar-refractivity contribution in [2.24, 2.45) is 5.92 Å². The maximum atomic E-state index is 12.4. The summed E-state index contributed by atoms with van der Waals surface area (Å²) in [6.45, 7) is 2.50. The third kappa shape index (κ3) is 4.51. The van der Waals surface area contributed by atoms with E-state index in [1.165, 1.54) is 4.31 Å². The molecule has 0 saturated carbocycles. The summed E-state index contributed by atoms with van der Waals surface area (Å²) in [6, 6.07) is 7.10. The van der Waals surface area contributed by atoms with Crippen molar-refractivity contribution in [3.63, 3.8) is 0 Å². The Morgan fingerprint density at radius 1 is 1.38 bits per heavy atom. The fourth-order valence-corrected chi connectivity index (χ4v) is 4.05. The normalized spacial score (nSPS) is 20.3. The Labute approximate surface area is 127 Å². The Morgan fingerprint density at radius 3 is 2.71 bits per heavy atom. The van der Waals surface area contributed by atoms with E-state index in [2.05, 4.69) is 11.9 Å². The molecule has 1 fully saturated rings. The van der Waals surface area contributed by atoms with E-state index >= 15 is 0 Å². The predicted molar refractivity (Wildman–Crippen MR) is 83.2 cm³/mol. The maximum absolute atomic E-state index is 12.4. The molecule has 0 bridgehead atoms. The van der Waals surface area contributed by atoms with E-state index in [9.17, 15) is 8.42 Å². The first-order valence-electron chi connectivity index (χ1n) is 7.22. The van der Waals surface area contributed by atoms with Crippen LogP contribution in [0.1, 0.15) is 17.5 Å². The molecule has 1 aliphatic heterocycles. The minimum atomic E-state index is -3.31. The van der Waals surface area contributed by atoms with Gasteiger partial charge in [-0.15, -0.1) is 0 Å². The molecular weight excluding hydrogens is 288 g/mol. The average Bonchev–Trinajstić information content (AvgIpc) is 2.83. The van der Waals surface area contributed by atoms with E-state index in [0.717, 1.165) is 30.6 Å². The van der Waals surface area contributed by atoms with Crippen LogP contribution in [-0.2, 0) is 22.4 Å². The minimum absolute atomic E-state index is 0.0140. The van der Waals surface area contributed by atoms with Crippen molar-refractivity contribution in [2.45, 2.75) is 18.8 Å². The number of hydrogen-bond acceptors (Lipinski definition) is 4. The van der Waals surface area contributed by atoms with Gasteiger partial charge in [-0.2, -0.15) is 0 Å². The topological polar surface area (TPSA) is 60.9 Å². The second-order valence-electron chi connectivity index (χ2n) is 5.93. The molecule has 0 amide bonds. The Bertz CT molecular complexity index is 574. The highest BCUT2D eigenvalue weighted by Crippen LogP contribution is 2.18. The number of aliphatic hydroxyl groups is 1. The van der Waals surface area contributed by atoms with Gasteiger partial charge in [0.2, 0.25) is 10.0 Å². The fourth-order valence-electron chi connectivity index (χ4n) is 2.79. The fraction of sp³-hybridized carbons (Fsp3) is 0.600. The van der Waals surface area contributed by atoms with E-state index in [4.69, 9.17) is 5.11 Å². The van der Waals surface area contributed by atoms with Gasteiger partial charge in [0.1, 0.15) is 0 Å². The molecule has 1 aromatic rings. The summed E-state index contributed by atoms with van der Waals surface area (Å²) < 4.78 is 26.3. The zero-order chi connectivity index (χ0) is 15.5. The van der Waals surface area contributed by atoms with Crippen LogP contribution in [0.25, 0.3) is 0 Å². The molecule has 5 nitrogen and oxygen atoms in total. The predicted octanol–water partition coefficient (Wildman–Crippen LogP) is 0.892. The largest absolute Gasteiger partial charge is 0.392 e. The average molecular weight is 312 g/mol. The van der Waals surface area contributed by atoms with Crippen LogP contribution in [0.4, 0.5) is 0 Å². The Morgan fingerprint density at radius 2 is 2.10 bits per heavy atom. The molecule has 6 heteroatoms. The van der Waals surface area contributed by atoms with E-state index in [0.29, 0.717) is 12.5 Å². The number of likely N-dealkylation sites (tertiary alicyclic amines) is 1. The van der Waals surface area contributed by atoms with Crippen LogP contribution in [0.15, 0.2) is 24.3 Å². The third-order valence-electron chi connectivity index (χ3n) is 4.00. The first kappa shape index (κ1) is 16.4. The molecular formula is C15H24N2O3S. The van der Waals surface area contributed by atoms with Crippen molar-refractivity contribution in [3.05, 3.63) is 35.4 Å². The summed E-state index contributed by atoms with van der Waals surface area (Å²) in [4.78, 5) is 2.23. The molecule has 1 unspecified atom stereocenters. The lowest BCUT2D eigenvalue weighted by Crippen LogP contribution is -2.33. The minimum Gasteiger partial charge on any atom is -0.392 e. The molecule has 1 aliphatic rings. The van der Waals surface area contributed by atoms with Crippen molar-refractivity contribution in [1.82, 2.24) is 9.21 Å². The van der Waals surface area contributed by atoms with E-state index < -0.39 is 10.0 Å². The van der Waals surface area contributed by atoms with Gasteiger partial charge in [-0.05, 0) is 37.1 Å². The molecule has 2 rings (SSSR count). The molecule has 1 N–H and O–H groups in total. The molecule has 1 atom stereocenters. The van der Waals surface area contributed by atoms with Gasteiger partial charge < -0.3 is 10.0 Å². The summed E-state index contributed by atoms with van der Waals surface area (Å²) in [6.07, 6.45) is 1.05. The summed E-state index contributed by atoms with van der Waals surface area (Å²) in [5.41, 5.74) is 1.46. The number of aliphatic hydroxyl groups excluding tert-OH is 1. The molecule has 118 valence electrons. The SMILES string of the molecule is CN1CCC(CN(C)S(=O)(=O)Cc2cccc(CO)c2)C1. The van der Waals surface area contributed by atoms with Crippen molar-refractivity contribution >= 4 is 10.0 Å². The highest BCUT2D eigenvalue weighted by Gasteiger charge is 2.26. The molecule has 1 aromatic carbocycles. The number of sulfonamides is 1. The maximum Gasteiger partial charge on any atom is 0.218 e. The van der Waals surface area contributed by atoms with Gasteiger partial charge >= 0.3 is 0 Å². The monoisotopic (exact) mass is 312 g/mol. The van der Waals surface area contributed by atoms with E-state index in [1.54, 1.807) is 31.3 Å². The molecule has 21 heavy (non-hydrogen) atoms. The zero-order valence-corrected chi connectivity index (χ0v) is 13.5. The lowest BCUT2D eigenvalue weighted by atomic mass is 10.1. The van der Waals surface area contributed by atoms with Crippen LogP contribution in [0, 0.1) is 5.92 Å². The molecule has 0 radical (unpaired) electrons.